The topological polar surface area (TPSA) is 214 Å². The highest BCUT2D eigenvalue weighted by atomic mass is 32.2. The van der Waals surface area contributed by atoms with E-state index in [-0.39, 0.29) is 31.4 Å². The van der Waals surface area contributed by atoms with E-state index in [1.807, 2.05) is 12.5 Å². The molecule has 0 aliphatic heterocycles. The fourth-order valence-corrected chi connectivity index (χ4v) is 4.29. The molecular weight excluding hydrogens is 534 g/mol. The fraction of sp³-hybridized carbons (Fsp3) is 0.542. The number of aromatic hydroxyl groups is 1. The van der Waals surface area contributed by atoms with Gasteiger partial charge in [0.2, 0.25) is 23.6 Å². The number of nitrogens with two attached hydrogens (primary N) is 2. The molecule has 0 spiro atoms. The normalized spacial score (nSPS) is 14.0. The SMILES string of the molecule is CSCCC(N)C(=O)NC(CCC(N)=O)C(=O)NC(CCSC)C(=O)NC(Cc1ccc(O)cc1)C(=O)O. The zero-order valence-electron chi connectivity index (χ0n) is 21.5. The van der Waals surface area contributed by atoms with Gasteiger partial charge in [0, 0.05) is 12.8 Å². The van der Waals surface area contributed by atoms with E-state index in [4.69, 9.17) is 11.5 Å². The average molecular weight is 572 g/mol. The van der Waals surface area contributed by atoms with E-state index >= 15 is 0 Å². The van der Waals surface area contributed by atoms with Crippen molar-refractivity contribution in [2.24, 2.45) is 11.5 Å². The number of aliphatic carboxylic acids is 1. The van der Waals surface area contributed by atoms with Crippen molar-refractivity contribution in [3.63, 3.8) is 0 Å². The number of carbonyl (C=O) groups is 5. The molecule has 1 aromatic rings. The molecule has 0 fully saturated rings. The largest absolute Gasteiger partial charge is 0.508 e. The van der Waals surface area contributed by atoms with Gasteiger partial charge in [0.05, 0.1) is 6.04 Å². The molecule has 1 rings (SSSR count). The van der Waals surface area contributed by atoms with Crippen molar-refractivity contribution < 1.29 is 34.2 Å². The number of hydrogen-bond acceptors (Lipinski definition) is 9. The maximum absolute atomic E-state index is 13.1. The predicted molar refractivity (Wildman–Crippen MR) is 148 cm³/mol. The Morgan fingerprint density at radius 1 is 0.816 bits per heavy atom. The number of phenolic OH excluding ortho intramolecular Hbond substituents is 1. The van der Waals surface area contributed by atoms with E-state index in [0.717, 1.165) is 0 Å². The first-order chi connectivity index (χ1) is 18.0. The van der Waals surface area contributed by atoms with Crippen LogP contribution in [0.1, 0.15) is 31.2 Å². The molecule has 1 aromatic carbocycles. The van der Waals surface area contributed by atoms with Gasteiger partial charge in [-0.15, -0.1) is 0 Å². The zero-order valence-corrected chi connectivity index (χ0v) is 23.1. The van der Waals surface area contributed by atoms with Crippen LogP contribution in [0.25, 0.3) is 0 Å². The summed E-state index contributed by atoms with van der Waals surface area (Å²) in [4.78, 5) is 61.8. The number of carboxylic acids is 1. The number of primary amides is 1. The molecule has 9 N–H and O–H groups in total. The molecule has 0 heterocycles. The van der Waals surface area contributed by atoms with Gasteiger partial charge in [0.25, 0.3) is 0 Å². The molecule has 212 valence electrons. The third-order valence-electron chi connectivity index (χ3n) is 5.52. The van der Waals surface area contributed by atoms with E-state index in [0.29, 0.717) is 23.5 Å². The maximum Gasteiger partial charge on any atom is 0.326 e. The lowest BCUT2D eigenvalue weighted by Crippen LogP contribution is -2.57. The summed E-state index contributed by atoms with van der Waals surface area (Å²) in [6, 6.07) is 1.47. The Morgan fingerprint density at radius 2 is 1.32 bits per heavy atom. The molecule has 0 radical (unpaired) electrons. The quantitative estimate of drug-likeness (QED) is 0.121. The lowest BCUT2D eigenvalue weighted by Gasteiger charge is -2.25. The number of carboxylic acid groups (broad SMARTS) is 1. The van der Waals surface area contributed by atoms with Gasteiger partial charge in [-0.3, -0.25) is 19.2 Å². The first kappa shape index (κ1) is 33.1. The predicted octanol–water partition coefficient (Wildman–Crippen LogP) is -0.427. The summed E-state index contributed by atoms with van der Waals surface area (Å²) in [5.74, 6) is -2.81. The minimum absolute atomic E-state index is 0.0210. The van der Waals surface area contributed by atoms with Gasteiger partial charge >= 0.3 is 5.97 Å². The first-order valence-electron chi connectivity index (χ1n) is 11.9. The van der Waals surface area contributed by atoms with Crippen molar-refractivity contribution >= 4 is 53.1 Å². The Bertz CT molecular complexity index is 949. The van der Waals surface area contributed by atoms with Crippen molar-refractivity contribution in [3.8, 4) is 5.75 Å². The molecule has 0 bridgehead atoms. The molecule has 0 aliphatic carbocycles. The van der Waals surface area contributed by atoms with Crippen LogP contribution in [0.2, 0.25) is 0 Å². The molecule has 4 atom stereocenters. The van der Waals surface area contributed by atoms with Gasteiger partial charge in [-0.2, -0.15) is 23.5 Å². The first-order valence-corrected chi connectivity index (χ1v) is 14.7. The molecule has 12 nitrogen and oxygen atoms in total. The summed E-state index contributed by atoms with van der Waals surface area (Å²) in [5, 5.41) is 26.6. The zero-order chi connectivity index (χ0) is 28.7. The Kier molecular flexibility index (Phi) is 15.2. The van der Waals surface area contributed by atoms with E-state index in [1.165, 1.54) is 35.7 Å². The fourth-order valence-electron chi connectivity index (χ4n) is 3.33. The van der Waals surface area contributed by atoms with E-state index in [1.54, 1.807) is 12.1 Å². The van der Waals surface area contributed by atoms with E-state index < -0.39 is 53.8 Å². The summed E-state index contributed by atoms with van der Waals surface area (Å²) < 4.78 is 0. The van der Waals surface area contributed by atoms with Crippen LogP contribution in [0.4, 0.5) is 0 Å². The number of amides is 4. The lowest BCUT2D eigenvalue weighted by molar-refractivity contribution is -0.142. The van der Waals surface area contributed by atoms with Gasteiger partial charge in [0.1, 0.15) is 23.9 Å². The van der Waals surface area contributed by atoms with Crippen LogP contribution in [0.3, 0.4) is 0 Å². The van der Waals surface area contributed by atoms with Gasteiger partial charge in [-0.1, -0.05) is 12.1 Å². The number of benzene rings is 1. The standard InChI is InChI=1S/C24H37N5O7S2/c1-37-11-9-16(25)21(32)27-17(7-8-20(26)31)22(33)28-18(10-12-38-2)23(34)29-19(24(35)36)13-14-3-5-15(30)6-4-14/h3-6,16-19,30H,7-13,25H2,1-2H3,(H2,26,31)(H,27,32)(H,28,33)(H,29,34)(H,35,36). The molecule has 0 saturated carbocycles. The number of hydrogen-bond donors (Lipinski definition) is 7. The number of thioether (sulfide) groups is 2. The second-order valence-electron chi connectivity index (χ2n) is 8.57. The van der Waals surface area contributed by atoms with Gasteiger partial charge in [-0.25, -0.2) is 4.79 Å². The Labute approximate surface area is 230 Å². The third kappa shape index (κ3) is 12.5. The van der Waals surface area contributed by atoms with E-state index in [9.17, 15) is 34.2 Å². The average Bonchev–Trinajstić information content (AvgIpc) is 2.87. The van der Waals surface area contributed by atoms with Crippen LogP contribution >= 0.6 is 23.5 Å². The lowest BCUT2D eigenvalue weighted by atomic mass is 10.0. The second kappa shape index (κ2) is 17.5. The summed E-state index contributed by atoms with van der Waals surface area (Å²) in [5.41, 5.74) is 11.7. The van der Waals surface area contributed by atoms with Crippen LogP contribution in [0.5, 0.6) is 5.75 Å². The third-order valence-corrected chi connectivity index (χ3v) is 6.80. The van der Waals surface area contributed by atoms with Crippen molar-refractivity contribution in [2.75, 3.05) is 24.0 Å². The second-order valence-corrected chi connectivity index (χ2v) is 10.5. The molecule has 0 aromatic heterocycles. The van der Waals surface area contributed by atoms with Crippen LogP contribution in [0, 0.1) is 0 Å². The summed E-state index contributed by atoms with van der Waals surface area (Å²) in [6.07, 6.45) is 3.92. The number of rotatable bonds is 18. The van der Waals surface area contributed by atoms with Crippen LogP contribution in [0.15, 0.2) is 24.3 Å². The minimum Gasteiger partial charge on any atom is -0.508 e. The number of carbonyl (C=O) groups excluding carboxylic acids is 4. The summed E-state index contributed by atoms with van der Waals surface area (Å²) in [6.45, 7) is 0. The van der Waals surface area contributed by atoms with Crippen molar-refractivity contribution in [3.05, 3.63) is 29.8 Å². The maximum atomic E-state index is 13.1. The highest BCUT2D eigenvalue weighted by Crippen LogP contribution is 2.12. The Morgan fingerprint density at radius 3 is 1.84 bits per heavy atom. The summed E-state index contributed by atoms with van der Waals surface area (Å²) in [7, 11) is 0. The van der Waals surface area contributed by atoms with Gasteiger partial charge < -0.3 is 37.6 Å². The Balaban J connectivity index is 3.00. The molecule has 38 heavy (non-hydrogen) atoms. The molecule has 0 saturated heterocycles. The molecule has 14 heteroatoms. The molecule has 0 aliphatic rings. The number of nitrogens with one attached hydrogen (secondary N) is 3. The van der Waals surface area contributed by atoms with Crippen LogP contribution < -0.4 is 27.4 Å². The highest BCUT2D eigenvalue weighted by Gasteiger charge is 2.30. The molecular formula is C24H37N5O7S2. The monoisotopic (exact) mass is 571 g/mol. The smallest absolute Gasteiger partial charge is 0.326 e. The van der Waals surface area contributed by atoms with E-state index in [2.05, 4.69) is 16.0 Å². The van der Waals surface area contributed by atoms with Crippen molar-refractivity contribution in [2.45, 2.75) is 56.3 Å². The molecule has 4 amide bonds. The number of phenols is 1. The van der Waals surface area contributed by atoms with Crippen molar-refractivity contribution in [1.29, 1.82) is 0 Å². The van der Waals surface area contributed by atoms with Gasteiger partial charge in [0.15, 0.2) is 0 Å². The Hall–Kier alpha value is -2.97. The molecule has 4 unspecified atom stereocenters. The summed E-state index contributed by atoms with van der Waals surface area (Å²) >= 11 is 2.94. The van der Waals surface area contributed by atoms with Crippen LogP contribution in [-0.2, 0) is 30.4 Å². The van der Waals surface area contributed by atoms with Crippen LogP contribution in [-0.4, -0.2) is 88.0 Å². The minimum atomic E-state index is -1.29. The van der Waals surface area contributed by atoms with Gasteiger partial charge in [-0.05, 0) is 61.0 Å². The highest BCUT2D eigenvalue weighted by molar-refractivity contribution is 7.98. The van der Waals surface area contributed by atoms with Crippen molar-refractivity contribution in [1.82, 2.24) is 16.0 Å².